The number of fused-ring (bicyclic) bond motifs is 1. The maximum absolute atomic E-state index is 13.1. The Bertz CT molecular complexity index is 683. The van der Waals surface area contributed by atoms with E-state index >= 15 is 0 Å². The molecule has 0 unspecified atom stereocenters. The lowest BCUT2D eigenvalue weighted by Gasteiger charge is -1.92. The largest absolute Gasteiger partial charge is 0.334 e. The van der Waals surface area contributed by atoms with Crippen LogP contribution in [0.25, 0.3) is 16.2 Å². The summed E-state index contributed by atoms with van der Waals surface area (Å²) in [6, 6.07) is 6.96. The highest BCUT2D eigenvalue weighted by Gasteiger charge is 2.00. The van der Waals surface area contributed by atoms with E-state index in [1.54, 1.807) is 29.9 Å². The summed E-state index contributed by atoms with van der Waals surface area (Å²) in [6.07, 6.45) is 9.59. The third kappa shape index (κ3) is 2.33. The molecule has 0 aliphatic carbocycles. The van der Waals surface area contributed by atoms with Crippen LogP contribution in [0, 0.1) is 5.82 Å². The SMILES string of the molecule is Fc1ccc2cc(/C=C/Cn3ccnc3)sc2c1. The second-order valence-corrected chi connectivity index (χ2v) is 5.11. The van der Waals surface area contributed by atoms with E-state index in [1.807, 2.05) is 16.8 Å². The molecule has 0 atom stereocenters. The van der Waals surface area contributed by atoms with Crippen molar-refractivity contribution in [2.75, 3.05) is 0 Å². The molecule has 18 heavy (non-hydrogen) atoms. The molecule has 3 rings (SSSR count). The van der Waals surface area contributed by atoms with Crippen molar-refractivity contribution in [3.8, 4) is 0 Å². The van der Waals surface area contributed by atoms with Crippen LogP contribution in [0.1, 0.15) is 4.88 Å². The molecule has 0 bridgehead atoms. The number of allylic oxidation sites excluding steroid dienone is 1. The van der Waals surface area contributed by atoms with Crippen LogP contribution in [0.15, 0.2) is 49.1 Å². The van der Waals surface area contributed by atoms with E-state index in [1.165, 1.54) is 6.07 Å². The first-order chi connectivity index (χ1) is 8.81. The van der Waals surface area contributed by atoms with Gasteiger partial charge in [-0.3, -0.25) is 0 Å². The van der Waals surface area contributed by atoms with E-state index in [4.69, 9.17) is 0 Å². The minimum atomic E-state index is -0.182. The molecular formula is C14H11FN2S. The van der Waals surface area contributed by atoms with Gasteiger partial charge in [-0.2, -0.15) is 0 Å². The van der Waals surface area contributed by atoms with Crippen LogP contribution in [0.3, 0.4) is 0 Å². The molecule has 90 valence electrons. The Labute approximate surface area is 108 Å². The summed E-state index contributed by atoms with van der Waals surface area (Å²) in [5.41, 5.74) is 0. The zero-order valence-corrected chi connectivity index (χ0v) is 10.4. The Morgan fingerprint density at radius 2 is 2.28 bits per heavy atom. The van der Waals surface area contributed by atoms with Crippen molar-refractivity contribution in [2.24, 2.45) is 0 Å². The molecule has 0 saturated carbocycles. The van der Waals surface area contributed by atoms with Crippen molar-refractivity contribution in [3.05, 3.63) is 59.8 Å². The maximum Gasteiger partial charge on any atom is 0.124 e. The first-order valence-corrected chi connectivity index (χ1v) is 6.44. The highest BCUT2D eigenvalue weighted by atomic mass is 32.1. The van der Waals surface area contributed by atoms with E-state index < -0.39 is 0 Å². The highest BCUT2D eigenvalue weighted by molar-refractivity contribution is 7.19. The van der Waals surface area contributed by atoms with Gasteiger partial charge in [0, 0.05) is 28.5 Å². The molecule has 0 saturated heterocycles. The van der Waals surface area contributed by atoms with Gasteiger partial charge in [0.15, 0.2) is 0 Å². The van der Waals surface area contributed by atoms with Gasteiger partial charge in [-0.1, -0.05) is 12.1 Å². The minimum Gasteiger partial charge on any atom is -0.334 e. The molecule has 0 radical (unpaired) electrons. The van der Waals surface area contributed by atoms with Gasteiger partial charge in [0.1, 0.15) is 5.82 Å². The van der Waals surface area contributed by atoms with E-state index in [2.05, 4.69) is 23.2 Å². The predicted octanol–water partition coefficient (Wildman–Crippen LogP) is 3.95. The van der Waals surface area contributed by atoms with Gasteiger partial charge < -0.3 is 4.57 Å². The summed E-state index contributed by atoms with van der Waals surface area (Å²) < 4.78 is 16.0. The summed E-state index contributed by atoms with van der Waals surface area (Å²) in [7, 11) is 0. The normalized spacial score (nSPS) is 11.6. The number of thiophene rings is 1. The summed E-state index contributed by atoms with van der Waals surface area (Å²) in [5.74, 6) is -0.182. The molecule has 3 aromatic rings. The number of benzene rings is 1. The van der Waals surface area contributed by atoms with Crippen molar-refractivity contribution in [2.45, 2.75) is 6.54 Å². The number of imidazole rings is 1. The van der Waals surface area contributed by atoms with E-state index in [-0.39, 0.29) is 5.82 Å². The number of hydrogen-bond acceptors (Lipinski definition) is 2. The molecule has 2 nitrogen and oxygen atoms in total. The molecule has 0 aliphatic heterocycles. The molecule has 0 spiro atoms. The van der Waals surface area contributed by atoms with Crippen molar-refractivity contribution in [3.63, 3.8) is 0 Å². The lowest BCUT2D eigenvalue weighted by atomic mass is 10.2. The lowest BCUT2D eigenvalue weighted by molar-refractivity contribution is 0.630. The van der Waals surface area contributed by atoms with Gasteiger partial charge in [-0.15, -0.1) is 11.3 Å². The minimum absolute atomic E-state index is 0.182. The topological polar surface area (TPSA) is 17.8 Å². The zero-order chi connectivity index (χ0) is 12.4. The number of hydrogen-bond donors (Lipinski definition) is 0. The third-order valence-electron chi connectivity index (χ3n) is 2.66. The lowest BCUT2D eigenvalue weighted by Crippen LogP contribution is -1.88. The summed E-state index contributed by atoms with van der Waals surface area (Å²) in [5, 5.41) is 1.09. The highest BCUT2D eigenvalue weighted by Crippen LogP contribution is 2.27. The van der Waals surface area contributed by atoms with Gasteiger partial charge >= 0.3 is 0 Å². The van der Waals surface area contributed by atoms with Crippen molar-refractivity contribution >= 4 is 27.5 Å². The smallest absolute Gasteiger partial charge is 0.124 e. The van der Waals surface area contributed by atoms with Gasteiger partial charge in [0.05, 0.1) is 6.33 Å². The maximum atomic E-state index is 13.1. The van der Waals surface area contributed by atoms with Crippen LogP contribution in [0.2, 0.25) is 0 Å². The second kappa shape index (κ2) is 4.74. The van der Waals surface area contributed by atoms with E-state index in [0.717, 1.165) is 21.5 Å². The Morgan fingerprint density at radius 1 is 1.33 bits per heavy atom. The van der Waals surface area contributed by atoms with E-state index in [0.29, 0.717) is 0 Å². The van der Waals surface area contributed by atoms with Gasteiger partial charge in [-0.25, -0.2) is 9.37 Å². The Hall–Kier alpha value is -1.94. The van der Waals surface area contributed by atoms with Gasteiger partial charge in [0.25, 0.3) is 0 Å². The molecule has 0 N–H and O–H groups in total. The van der Waals surface area contributed by atoms with E-state index in [9.17, 15) is 4.39 Å². The third-order valence-corrected chi connectivity index (χ3v) is 3.72. The van der Waals surface area contributed by atoms with Crippen LogP contribution in [0.5, 0.6) is 0 Å². The number of aromatic nitrogens is 2. The Balaban J connectivity index is 1.80. The molecule has 0 amide bonds. The first-order valence-electron chi connectivity index (χ1n) is 5.63. The van der Waals surface area contributed by atoms with Crippen LogP contribution < -0.4 is 0 Å². The first kappa shape index (κ1) is 11.2. The summed E-state index contributed by atoms with van der Waals surface area (Å²) in [6.45, 7) is 0.794. The fourth-order valence-corrected chi connectivity index (χ4v) is 2.81. The van der Waals surface area contributed by atoms with Crippen LogP contribution >= 0.6 is 11.3 Å². The van der Waals surface area contributed by atoms with Crippen molar-refractivity contribution in [1.82, 2.24) is 9.55 Å². The fraction of sp³-hybridized carbons (Fsp3) is 0.0714. The standard InChI is InChI=1S/C14H11FN2S/c15-12-4-3-11-8-13(18-14(11)9-12)2-1-6-17-7-5-16-10-17/h1-5,7-10H,6H2/b2-1+. The summed E-state index contributed by atoms with van der Waals surface area (Å²) in [4.78, 5) is 5.12. The Kier molecular flexibility index (Phi) is 2.94. The molecule has 0 aliphatic rings. The van der Waals surface area contributed by atoms with Crippen molar-refractivity contribution in [1.29, 1.82) is 0 Å². The quantitative estimate of drug-likeness (QED) is 0.695. The molecule has 1 aromatic carbocycles. The zero-order valence-electron chi connectivity index (χ0n) is 9.58. The van der Waals surface area contributed by atoms with Crippen LogP contribution in [-0.4, -0.2) is 9.55 Å². The van der Waals surface area contributed by atoms with Gasteiger partial charge in [0.2, 0.25) is 0 Å². The van der Waals surface area contributed by atoms with Gasteiger partial charge in [-0.05, 0) is 29.7 Å². The second-order valence-electron chi connectivity index (χ2n) is 3.99. The molecule has 0 fully saturated rings. The average Bonchev–Trinajstić information content (AvgIpc) is 2.97. The molecule has 4 heteroatoms. The summed E-state index contributed by atoms with van der Waals surface area (Å²) >= 11 is 1.60. The van der Waals surface area contributed by atoms with Crippen LogP contribution in [0.4, 0.5) is 4.39 Å². The Morgan fingerprint density at radius 3 is 3.11 bits per heavy atom. The number of rotatable bonds is 3. The average molecular weight is 258 g/mol. The van der Waals surface area contributed by atoms with Crippen LogP contribution in [-0.2, 0) is 6.54 Å². The molecule has 2 heterocycles. The predicted molar refractivity (Wildman–Crippen MR) is 73.0 cm³/mol. The molecular weight excluding hydrogens is 247 g/mol. The number of nitrogens with zero attached hydrogens (tertiary/aromatic N) is 2. The molecule has 2 aromatic heterocycles. The van der Waals surface area contributed by atoms with Crippen molar-refractivity contribution < 1.29 is 4.39 Å². The monoisotopic (exact) mass is 258 g/mol. The fourth-order valence-electron chi connectivity index (χ4n) is 1.79. The number of halogens is 1.